The summed E-state index contributed by atoms with van der Waals surface area (Å²) in [5.41, 5.74) is 4.13. The van der Waals surface area contributed by atoms with Gasteiger partial charge in [-0.2, -0.15) is 0 Å². The van der Waals surface area contributed by atoms with Crippen LogP contribution in [0.2, 0.25) is 0 Å². The van der Waals surface area contributed by atoms with E-state index in [1.807, 2.05) is 25.1 Å². The first kappa shape index (κ1) is 17.9. The van der Waals surface area contributed by atoms with E-state index >= 15 is 0 Å². The summed E-state index contributed by atoms with van der Waals surface area (Å²) in [4.78, 5) is 23.7. The second-order valence-electron chi connectivity index (χ2n) is 6.28. The number of fused-ring (bicyclic) bond motifs is 1. The third-order valence-electron chi connectivity index (χ3n) is 4.13. The number of rotatable bonds is 4. The van der Waals surface area contributed by atoms with E-state index < -0.39 is 0 Å². The molecule has 0 aliphatic carbocycles. The maximum atomic E-state index is 13.1. The summed E-state index contributed by atoms with van der Waals surface area (Å²) in [6.07, 6.45) is 3.46. The van der Waals surface area contributed by atoms with E-state index in [0.29, 0.717) is 16.3 Å². The zero-order valence-corrected chi connectivity index (χ0v) is 17.2. The third kappa shape index (κ3) is 3.65. The molecule has 1 aromatic carbocycles. The molecule has 0 aliphatic heterocycles. The van der Waals surface area contributed by atoms with Gasteiger partial charge in [-0.15, -0.1) is 0 Å². The van der Waals surface area contributed by atoms with Gasteiger partial charge in [0.1, 0.15) is 0 Å². The Kier molecular flexibility index (Phi) is 4.80. The van der Waals surface area contributed by atoms with E-state index in [0.717, 1.165) is 26.9 Å². The molecular weight excluding hydrogens is 426 g/mol. The van der Waals surface area contributed by atoms with Crippen LogP contribution in [0.3, 0.4) is 0 Å². The van der Waals surface area contributed by atoms with E-state index in [1.54, 1.807) is 29.4 Å². The molecule has 0 N–H and O–H groups in total. The van der Waals surface area contributed by atoms with Gasteiger partial charge in [-0.05, 0) is 70.7 Å². The fourth-order valence-corrected chi connectivity index (χ4v) is 4.26. The zero-order valence-electron chi connectivity index (χ0n) is 14.8. The SMILES string of the molecule is Cc1cc(C)c2sc(N(Cc3cccnc3)C(=O)c3ccc(Br)o3)nc2c1. The van der Waals surface area contributed by atoms with Crippen molar-refractivity contribution in [3.8, 4) is 0 Å². The lowest BCUT2D eigenvalue weighted by atomic mass is 10.1. The van der Waals surface area contributed by atoms with Crippen LogP contribution in [0.4, 0.5) is 5.13 Å². The van der Waals surface area contributed by atoms with E-state index in [4.69, 9.17) is 9.40 Å². The molecule has 0 saturated carbocycles. The molecule has 0 bridgehead atoms. The summed E-state index contributed by atoms with van der Waals surface area (Å²) >= 11 is 4.77. The summed E-state index contributed by atoms with van der Waals surface area (Å²) in [6, 6.07) is 11.3. The first-order valence-electron chi connectivity index (χ1n) is 8.35. The summed E-state index contributed by atoms with van der Waals surface area (Å²) in [5.74, 6) is 0.0240. The summed E-state index contributed by atoms with van der Waals surface area (Å²) in [7, 11) is 0. The number of aromatic nitrogens is 2. The van der Waals surface area contributed by atoms with Gasteiger partial charge in [-0.1, -0.05) is 23.5 Å². The standard InChI is InChI=1S/C20H16BrN3O2S/c1-12-8-13(2)18-15(9-12)23-20(27-18)24(11-14-4-3-7-22-10-14)19(25)16-5-6-17(21)26-16/h3-10H,11H2,1-2H3. The maximum absolute atomic E-state index is 13.1. The first-order chi connectivity index (χ1) is 13.0. The number of furan rings is 1. The highest BCUT2D eigenvalue weighted by Crippen LogP contribution is 2.33. The van der Waals surface area contributed by atoms with Gasteiger partial charge in [-0.25, -0.2) is 4.98 Å². The molecule has 4 aromatic rings. The van der Waals surface area contributed by atoms with Gasteiger partial charge in [0.25, 0.3) is 5.91 Å². The van der Waals surface area contributed by atoms with E-state index in [2.05, 4.69) is 33.9 Å². The minimum atomic E-state index is -0.238. The number of halogens is 1. The van der Waals surface area contributed by atoms with Gasteiger partial charge < -0.3 is 4.42 Å². The Bertz CT molecular complexity index is 1120. The van der Waals surface area contributed by atoms with Crippen molar-refractivity contribution in [3.63, 3.8) is 0 Å². The molecule has 5 nitrogen and oxygen atoms in total. The molecule has 0 unspecified atom stereocenters. The smallest absolute Gasteiger partial charge is 0.296 e. The molecule has 3 aromatic heterocycles. The number of benzene rings is 1. The van der Waals surface area contributed by atoms with Gasteiger partial charge in [0, 0.05) is 12.4 Å². The summed E-state index contributed by atoms with van der Waals surface area (Å²) in [6.45, 7) is 4.47. The van der Waals surface area contributed by atoms with Gasteiger partial charge in [-0.3, -0.25) is 14.7 Å². The van der Waals surface area contributed by atoms with E-state index in [9.17, 15) is 4.79 Å². The summed E-state index contributed by atoms with van der Waals surface area (Å²) in [5, 5.41) is 0.639. The van der Waals surface area contributed by atoms with Crippen molar-refractivity contribution in [2.45, 2.75) is 20.4 Å². The largest absolute Gasteiger partial charge is 0.444 e. The first-order valence-corrected chi connectivity index (χ1v) is 9.96. The van der Waals surface area contributed by atoms with Crippen LogP contribution in [0.25, 0.3) is 10.2 Å². The number of anilines is 1. The predicted molar refractivity (Wildman–Crippen MR) is 110 cm³/mol. The average molecular weight is 442 g/mol. The van der Waals surface area contributed by atoms with Crippen molar-refractivity contribution in [3.05, 3.63) is 75.9 Å². The number of pyridine rings is 1. The minimum absolute atomic E-state index is 0.238. The molecule has 0 saturated heterocycles. The Morgan fingerprint density at radius 1 is 1.26 bits per heavy atom. The number of carbonyl (C=O) groups is 1. The van der Waals surface area contributed by atoms with Crippen LogP contribution < -0.4 is 4.90 Å². The highest BCUT2D eigenvalue weighted by molar-refractivity contribution is 9.10. The van der Waals surface area contributed by atoms with Crippen LogP contribution in [-0.2, 0) is 6.54 Å². The number of thiazole rings is 1. The molecule has 0 aliphatic rings. The van der Waals surface area contributed by atoms with Crippen LogP contribution in [0.15, 0.2) is 57.9 Å². The number of aryl methyl sites for hydroxylation is 2. The van der Waals surface area contributed by atoms with Crippen molar-refractivity contribution in [2.75, 3.05) is 4.90 Å². The molecular formula is C20H16BrN3O2S. The van der Waals surface area contributed by atoms with Crippen LogP contribution in [0.5, 0.6) is 0 Å². The van der Waals surface area contributed by atoms with Gasteiger partial charge >= 0.3 is 0 Å². The van der Waals surface area contributed by atoms with Crippen molar-refractivity contribution < 1.29 is 9.21 Å². The number of hydrogen-bond donors (Lipinski definition) is 0. The summed E-state index contributed by atoms with van der Waals surface area (Å²) < 4.78 is 7.09. The normalized spacial score (nSPS) is 11.1. The molecule has 1 amide bonds. The molecule has 0 atom stereocenters. The van der Waals surface area contributed by atoms with Crippen molar-refractivity contribution in [1.29, 1.82) is 0 Å². The Morgan fingerprint density at radius 3 is 2.81 bits per heavy atom. The second kappa shape index (κ2) is 7.25. The molecule has 136 valence electrons. The monoisotopic (exact) mass is 441 g/mol. The van der Waals surface area contributed by atoms with Crippen molar-refractivity contribution in [2.24, 2.45) is 0 Å². The number of hydrogen-bond acceptors (Lipinski definition) is 5. The topological polar surface area (TPSA) is 59.2 Å². The average Bonchev–Trinajstić information content (AvgIpc) is 3.26. The number of carbonyl (C=O) groups excluding carboxylic acids is 1. The molecule has 0 radical (unpaired) electrons. The highest BCUT2D eigenvalue weighted by Gasteiger charge is 2.24. The van der Waals surface area contributed by atoms with Crippen molar-refractivity contribution >= 4 is 48.5 Å². The second-order valence-corrected chi connectivity index (χ2v) is 8.04. The van der Waals surface area contributed by atoms with Crippen molar-refractivity contribution in [1.82, 2.24) is 9.97 Å². The lowest BCUT2D eigenvalue weighted by molar-refractivity contribution is 0.0957. The molecule has 7 heteroatoms. The third-order valence-corrected chi connectivity index (χ3v) is 5.79. The Morgan fingerprint density at radius 2 is 2.11 bits per heavy atom. The molecule has 4 rings (SSSR count). The van der Waals surface area contributed by atoms with Crippen LogP contribution in [0, 0.1) is 13.8 Å². The fourth-order valence-electron chi connectivity index (χ4n) is 2.94. The van der Waals surface area contributed by atoms with Crippen LogP contribution in [0.1, 0.15) is 27.2 Å². The van der Waals surface area contributed by atoms with Crippen LogP contribution >= 0.6 is 27.3 Å². The lowest BCUT2D eigenvalue weighted by Crippen LogP contribution is -2.30. The fraction of sp³-hybridized carbons (Fsp3) is 0.150. The lowest BCUT2D eigenvalue weighted by Gasteiger charge is -2.18. The quantitative estimate of drug-likeness (QED) is 0.418. The van der Waals surface area contributed by atoms with Gasteiger partial charge in [0.15, 0.2) is 15.6 Å². The Balaban J connectivity index is 1.79. The van der Waals surface area contributed by atoms with Crippen LogP contribution in [-0.4, -0.2) is 15.9 Å². The van der Waals surface area contributed by atoms with Gasteiger partial charge in [0.2, 0.25) is 0 Å². The molecule has 0 spiro atoms. The highest BCUT2D eigenvalue weighted by atomic mass is 79.9. The maximum Gasteiger partial charge on any atom is 0.296 e. The molecule has 3 heterocycles. The number of nitrogens with zero attached hydrogens (tertiary/aromatic N) is 3. The zero-order chi connectivity index (χ0) is 19.0. The van der Waals surface area contributed by atoms with E-state index in [-0.39, 0.29) is 11.7 Å². The van der Waals surface area contributed by atoms with E-state index in [1.165, 1.54) is 11.3 Å². The van der Waals surface area contributed by atoms with Gasteiger partial charge in [0.05, 0.1) is 16.8 Å². The minimum Gasteiger partial charge on any atom is -0.444 e. The molecule has 27 heavy (non-hydrogen) atoms. The molecule has 0 fully saturated rings. The number of amides is 1. The Hall–Kier alpha value is -2.51. The Labute approximate surface area is 168 Å². The predicted octanol–water partition coefficient (Wildman–Crippen LogP) is 5.51.